The molecule has 15 heavy (non-hydrogen) atoms. The smallest absolute Gasteiger partial charge is 0.332 e. The molecule has 3 nitrogen and oxygen atoms in total. The molecule has 0 aliphatic rings. The Bertz CT molecular complexity index is 454. The topological polar surface area (TPSA) is 43.4 Å². The van der Waals surface area contributed by atoms with Crippen molar-refractivity contribution in [2.75, 3.05) is 0 Å². The monoisotopic (exact) mass is 236 g/mol. The average molecular weight is 236 g/mol. The van der Waals surface area contributed by atoms with Crippen molar-refractivity contribution >= 4 is 10.2 Å². The van der Waals surface area contributed by atoms with Crippen LogP contribution < -0.4 is 4.74 Å². The molecule has 0 aromatic heterocycles. The molecule has 0 aliphatic heterocycles. The SMILES string of the molecule is CC(C)Oc1ccc(S(=O)(=O)F)cc1F. The zero-order chi connectivity index (χ0) is 11.6. The second-order valence-electron chi connectivity index (χ2n) is 3.20. The van der Waals surface area contributed by atoms with Crippen LogP contribution >= 0.6 is 0 Å². The summed E-state index contributed by atoms with van der Waals surface area (Å²) >= 11 is 0. The van der Waals surface area contributed by atoms with E-state index in [1.54, 1.807) is 13.8 Å². The van der Waals surface area contributed by atoms with E-state index in [0.29, 0.717) is 6.07 Å². The summed E-state index contributed by atoms with van der Waals surface area (Å²) in [5.41, 5.74) is 0. The summed E-state index contributed by atoms with van der Waals surface area (Å²) in [4.78, 5) is -0.712. The van der Waals surface area contributed by atoms with Crippen LogP contribution in [0, 0.1) is 5.82 Å². The highest BCUT2D eigenvalue weighted by atomic mass is 32.3. The zero-order valence-corrected chi connectivity index (χ0v) is 9.01. The predicted octanol–water partition coefficient (Wildman–Crippen LogP) is 2.27. The number of ether oxygens (including phenoxy) is 1. The molecule has 0 N–H and O–H groups in total. The van der Waals surface area contributed by atoms with Crippen LogP contribution in [0.2, 0.25) is 0 Å². The predicted molar refractivity (Wildman–Crippen MR) is 50.5 cm³/mol. The third-order valence-corrected chi connectivity index (χ3v) is 2.36. The van der Waals surface area contributed by atoms with Gasteiger partial charge >= 0.3 is 10.2 Å². The quantitative estimate of drug-likeness (QED) is 0.756. The lowest BCUT2D eigenvalue weighted by Crippen LogP contribution is -2.07. The van der Waals surface area contributed by atoms with Crippen molar-refractivity contribution in [3.63, 3.8) is 0 Å². The van der Waals surface area contributed by atoms with Crippen LogP contribution in [0.4, 0.5) is 8.28 Å². The molecule has 0 unspecified atom stereocenters. The normalized spacial score (nSPS) is 11.8. The van der Waals surface area contributed by atoms with Gasteiger partial charge in [0.15, 0.2) is 11.6 Å². The third-order valence-electron chi connectivity index (χ3n) is 1.55. The Morgan fingerprint density at radius 2 is 1.93 bits per heavy atom. The molecule has 0 saturated heterocycles. The number of benzene rings is 1. The molecular formula is C9H10F2O3S. The molecule has 0 atom stereocenters. The molecule has 0 saturated carbocycles. The van der Waals surface area contributed by atoms with Crippen molar-refractivity contribution in [3.8, 4) is 5.75 Å². The number of hydrogen-bond donors (Lipinski definition) is 0. The van der Waals surface area contributed by atoms with Crippen molar-refractivity contribution in [2.45, 2.75) is 24.8 Å². The van der Waals surface area contributed by atoms with E-state index in [4.69, 9.17) is 4.74 Å². The maximum absolute atomic E-state index is 13.2. The fraction of sp³-hybridized carbons (Fsp3) is 0.333. The van der Waals surface area contributed by atoms with Gasteiger partial charge in [0.05, 0.1) is 6.10 Å². The van der Waals surface area contributed by atoms with Gasteiger partial charge in [0, 0.05) is 0 Å². The van der Waals surface area contributed by atoms with Crippen LogP contribution in [0.15, 0.2) is 23.1 Å². The van der Waals surface area contributed by atoms with Gasteiger partial charge in [-0.3, -0.25) is 0 Å². The average Bonchev–Trinajstić information content (AvgIpc) is 2.05. The minimum Gasteiger partial charge on any atom is -0.488 e. The molecule has 6 heteroatoms. The lowest BCUT2D eigenvalue weighted by molar-refractivity contribution is 0.231. The van der Waals surface area contributed by atoms with Crippen molar-refractivity contribution in [2.24, 2.45) is 0 Å². The first-order valence-electron chi connectivity index (χ1n) is 4.21. The van der Waals surface area contributed by atoms with Gasteiger partial charge in [-0.25, -0.2) is 4.39 Å². The van der Waals surface area contributed by atoms with E-state index in [9.17, 15) is 16.7 Å². The Labute approximate surface area is 86.9 Å². The van der Waals surface area contributed by atoms with Gasteiger partial charge in [-0.2, -0.15) is 8.42 Å². The molecule has 0 spiro atoms. The molecule has 0 bridgehead atoms. The van der Waals surface area contributed by atoms with Crippen LogP contribution in [-0.4, -0.2) is 14.5 Å². The van der Waals surface area contributed by atoms with Crippen molar-refractivity contribution in [1.29, 1.82) is 0 Å². The summed E-state index contributed by atoms with van der Waals surface area (Å²) in [5, 5.41) is 0. The second kappa shape index (κ2) is 4.14. The summed E-state index contributed by atoms with van der Waals surface area (Å²) in [6.07, 6.45) is -0.243. The maximum Gasteiger partial charge on any atom is 0.332 e. The fourth-order valence-electron chi connectivity index (χ4n) is 0.983. The van der Waals surface area contributed by atoms with Gasteiger partial charge in [0.2, 0.25) is 0 Å². The summed E-state index contributed by atoms with van der Waals surface area (Å²) < 4.78 is 51.6. The highest BCUT2D eigenvalue weighted by Gasteiger charge is 2.15. The van der Waals surface area contributed by atoms with Crippen molar-refractivity contribution < 1.29 is 21.4 Å². The molecule has 0 radical (unpaired) electrons. The summed E-state index contributed by atoms with van der Waals surface area (Å²) in [7, 11) is -4.87. The Morgan fingerprint density at radius 1 is 1.33 bits per heavy atom. The summed E-state index contributed by atoms with van der Waals surface area (Å²) in [6.45, 7) is 3.39. The van der Waals surface area contributed by atoms with Crippen LogP contribution in [0.3, 0.4) is 0 Å². The number of rotatable bonds is 3. The molecule has 0 heterocycles. The zero-order valence-electron chi connectivity index (χ0n) is 8.20. The van der Waals surface area contributed by atoms with E-state index >= 15 is 0 Å². The first kappa shape index (κ1) is 11.9. The fourth-order valence-corrected chi connectivity index (χ4v) is 1.46. The van der Waals surface area contributed by atoms with Crippen LogP contribution in [0.5, 0.6) is 5.75 Å². The van der Waals surface area contributed by atoms with E-state index in [2.05, 4.69) is 0 Å². The van der Waals surface area contributed by atoms with Gasteiger partial charge < -0.3 is 4.74 Å². The number of halogens is 2. The molecule has 84 valence electrons. The second-order valence-corrected chi connectivity index (χ2v) is 4.54. The standard InChI is InChI=1S/C9H10F2O3S/c1-6(2)14-9-4-3-7(5-8(9)10)15(11,12)13/h3-6H,1-2H3. The van der Waals surface area contributed by atoms with Gasteiger partial charge in [0.1, 0.15) is 4.90 Å². The highest BCUT2D eigenvalue weighted by Crippen LogP contribution is 2.22. The number of hydrogen-bond acceptors (Lipinski definition) is 3. The molecule has 1 aromatic carbocycles. The Balaban J connectivity index is 3.09. The van der Waals surface area contributed by atoms with Crippen LogP contribution in [0.1, 0.15) is 13.8 Å². The van der Waals surface area contributed by atoms with E-state index in [1.165, 1.54) is 0 Å². The Kier molecular flexibility index (Phi) is 3.28. The molecule has 0 fully saturated rings. The van der Waals surface area contributed by atoms with Crippen LogP contribution in [0.25, 0.3) is 0 Å². The summed E-state index contributed by atoms with van der Waals surface area (Å²) in [5.74, 6) is -1.00. The largest absolute Gasteiger partial charge is 0.488 e. The molecular weight excluding hydrogens is 226 g/mol. The molecule has 1 aromatic rings. The Morgan fingerprint density at radius 3 is 2.33 bits per heavy atom. The Hall–Kier alpha value is -1.17. The molecule has 0 aliphatic carbocycles. The van der Waals surface area contributed by atoms with E-state index in [-0.39, 0.29) is 11.9 Å². The lowest BCUT2D eigenvalue weighted by atomic mass is 10.3. The van der Waals surface area contributed by atoms with E-state index in [1.807, 2.05) is 0 Å². The molecule has 0 amide bonds. The highest BCUT2D eigenvalue weighted by molar-refractivity contribution is 7.86. The third kappa shape index (κ3) is 3.16. The van der Waals surface area contributed by atoms with Gasteiger partial charge in [-0.15, -0.1) is 3.89 Å². The minimum absolute atomic E-state index is 0.0996. The first-order valence-corrected chi connectivity index (χ1v) is 5.60. The van der Waals surface area contributed by atoms with Crippen LogP contribution in [-0.2, 0) is 10.2 Å². The van der Waals surface area contributed by atoms with Gasteiger partial charge in [-0.05, 0) is 32.0 Å². The minimum atomic E-state index is -4.87. The first-order chi connectivity index (χ1) is 6.80. The maximum atomic E-state index is 13.2. The van der Waals surface area contributed by atoms with Gasteiger partial charge in [0.25, 0.3) is 0 Å². The van der Waals surface area contributed by atoms with E-state index in [0.717, 1.165) is 12.1 Å². The molecule has 1 rings (SSSR count). The lowest BCUT2D eigenvalue weighted by Gasteiger charge is -2.10. The summed E-state index contributed by atoms with van der Waals surface area (Å²) in [6, 6.07) is 2.63. The van der Waals surface area contributed by atoms with Crippen molar-refractivity contribution in [1.82, 2.24) is 0 Å². The van der Waals surface area contributed by atoms with E-state index < -0.39 is 20.9 Å². The van der Waals surface area contributed by atoms with Gasteiger partial charge in [-0.1, -0.05) is 0 Å². The van der Waals surface area contributed by atoms with Crippen molar-refractivity contribution in [3.05, 3.63) is 24.0 Å².